The molecule has 3 fully saturated rings. The van der Waals surface area contributed by atoms with Gasteiger partial charge in [0, 0.05) is 39.0 Å². The lowest BCUT2D eigenvalue weighted by molar-refractivity contribution is -0.144. The van der Waals surface area contributed by atoms with Crippen molar-refractivity contribution in [2.24, 2.45) is 23.2 Å². The molecule has 2 saturated heterocycles. The van der Waals surface area contributed by atoms with E-state index in [-0.39, 0.29) is 43.2 Å². The number of amides is 6. The van der Waals surface area contributed by atoms with Crippen LogP contribution in [0.4, 0.5) is 18.0 Å². The third-order valence-corrected chi connectivity index (χ3v) is 10.9. The van der Waals surface area contributed by atoms with Gasteiger partial charge in [0.05, 0.1) is 12.1 Å². The molecule has 1 saturated carbocycles. The van der Waals surface area contributed by atoms with Crippen LogP contribution < -0.4 is 21.3 Å². The summed E-state index contributed by atoms with van der Waals surface area (Å²) in [5.74, 6) is -3.55. The third-order valence-electron chi connectivity index (χ3n) is 10.9. The highest BCUT2D eigenvalue weighted by molar-refractivity contribution is 6.38. The first-order chi connectivity index (χ1) is 24.8. The Bertz CT molecular complexity index is 1310. The first-order valence-electron chi connectivity index (χ1n) is 19.3. The van der Waals surface area contributed by atoms with Gasteiger partial charge < -0.3 is 31.1 Å². The first-order valence-corrected chi connectivity index (χ1v) is 19.3. The number of likely N-dealkylation sites (tertiary alicyclic amines) is 2. The van der Waals surface area contributed by atoms with Crippen LogP contribution in [0.5, 0.6) is 0 Å². The molecule has 12 nitrogen and oxygen atoms in total. The minimum Gasteiger partial charge on any atom is -0.346 e. The lowest BCUT2D eigenvalue weighted by Gasteiger charge is -2.38. The number of carbonyl (C=O) groups excluding carboxylic acids is 6. The molecule has 2 heterocycles. The fraction of sp³-hybridized carbons (Fsp3) is 0.789. The van der Waals surface area contributed by atoms with Crippen LogP contribution in [0.25, 0.3) is 0 Å². The molecule has 3 aliphatic rings. The van der Waals surface area contributed by atoms with Gasteiger partial charge in [-0.25, -0.2) is 4.79 Å². The summed E-state index contributed by atoms with van der Waals surface area (Å²) in [5.41, 5.74) is -0.418. The number of alkyl halides is 3. The minimum absolute atomic E-state index is 0.0442. The number of carbonyl (C=O) groups is 6. The maximum absolute atomic E-state index is 14.6. The maximum atomic E-state index is 14.6. The molecule has 0 aromatic carbocycles. The van der Waals surface area contributed by atoms with Gasteiger partial charge in [-0.15, -0.1) is 6.58 Å². The molecule has 0 aromatic rings. The highest BCUT2D eigenvalue weighted by atomic mass is 19.4. The van der Waals surface area contributed by atoms with E-state index in [1.54, 1.807) is 4.90 Å². The molecule has 0 radical (unpaired) electrons. The van der Waals surface area contributed by atoms with Gasteiger partial charge >= 0.3 is 12.2 Å². The van der Waals surface area contributed by atoms with Gasteiger partial charge in [-0.3, -0.25) is 24.0 Å². The minimum atomic E-state index is -4.49. The summed E-state index contributed by atoms with van der Waals surface area (Å²) in [7, 11) is 0. The highest BCUT2D eigenvalue weighted by Crippen LogP contribution is 2.33. The number of nitrogens with zero attached hydrogens (tertiary/aromatic N) is 2. The van der Waals surface area contributed by atoms with Crippen LogP contribution in [0.3, 0.4) is 0 Å². The standard InChI is InChI=1S/C38H61F3N6O6/c1-7-19-42-34(51)32(49)27(16-13-18-38(39,40)41)43-33(50)28-21-26(24(2)3)22-47(28)35(52)31(25-14-9-8-10-15-25)45-36(53)44-29(37(4,5)6)23-46-20-12-11-17-30(46)48/h7,24-29,31H,1,8-23H2,2-6H3,(H,42,51)(H,43,50)(H2,44,45,53)/t26?,27?,28-,29+,31-/m0/s1. The molecule has 1 aliphatic carbocycles. The van der Waals surface area contributed by atoms with E-state index in [0.29, 0.717) is 32.4 Å². The molecule has 0 bridgehead atoms. The summed E-state index contributed by atoms with van der Waals surface area (Å²) in [6, 6.07) is -4.56. The Kier molecular flexibility index (Phi) is 16.2. The van der Waals surface area contributed by atoms with Crippen molar-refractivity contribution in [3.63, 3.8) is 0 Å². The largest absolute Gasteiger partial charge is 0.389 e. The van der Waals surface area contributed by atoms with Gasteiger partial charge in [-0.05, 0) is 68.1 Å². The highest BCUT2D eigenvalue weighted by Gasteiger charge is 2.46. The van der Waals surface area contributed by atoms with Crippen molar-refractivity contribution >= 4 is 35.4 Å². The van der Waals surface area contributed by atoms with Gasteiger partial charge in [-0.1, -0.05) is 60.0 Å². The molecule has 53 heavy (non-hydrogen) atoms. The van der Waals surface area contributed by atoms with E-state index in [2.05, 4.69) is 27.8 Å². The lowest BCUT2D eigenvalue weighted by atomic mass is 9.83. The van der Waals surface area contributed by atoms with Crippen molar-refractivity contribution in [1.82, 2.24) is 31.1 Å². The first kappa shape index (κ1) is 43.8. The maximum Gasteiger partial charge on any atom is 0.389 e. The third kappa shape index (κ3) is 13.3. The van der Waals surface area contributed by atoms with Crippen molar-refractivity contribution in [3.8, 4) is 0 Å². The zero-order valence-electron chi connectivity index (χ0n) is 32.1. The van der Waals surface area contributed by atoms with Crippen LogP contribution in [0.2, 0.25) is 0 Å². The lowest BCUT2D eigenvalue weighted by Crippen LogP contribution is -2.61. The van der Waals surface area contributed by atoms with Crippen LogP contribution in [0.15, 0.2) is 12.7 Å². The SMILES string of the molecule is C=CCNC(=O)C(=O)C(CCCC(F)(F)F)NC(=O)[C@@H]1CC(C(C)C)CN1C(=O)[C@@H](NC(=O)N[C@H](CN1CCCCC1=O)C(C)(C)C)C1CCCCC1. The van der Waals surface area contributed by atoms with Crippen molar-refractivity contribution in [3.05, 3.63) is 12.7 Å². The fourth-order valence-electron chi connectivity index (χ4n) is 7.48. The Hall–Kier alpha value is -3.65. The Morgan fingerprint density at radius 1 is 0.943 bits per heavy atom. The van der Waals surface area contributed by atoms with Crippen LogP contribution in [-0.2, 0) is 24.0 Å². The Morgan fingerprint density at radius 3 is 2.21 bits per heavy atom. The van der Waals surface area contributed by atoms with Crippen LogP contribution >= 0.6 is 0 Å². The zero-order chi connectivity index (χ0) is 39.5. The van der Waals surface area contributed by atoms with Crippen molar-refractivity contribution in [2.75, 3.05) is 26.2 Å². The van der Waals surface area contributed by atoms with Crippen LogP contribution in [0, 0.1) is 23.2 Å². The summed E-state index contributed by atoms with van der Waals surface area (Å²) in [5, 5.41) is 10.8. The summed E-state index contributed by atoms with van der Waals surface area (Å²) >= 11 is 0. The van der Waals surface area contributed by atoms with Crippen molar-refractivity contribution in [1.29, 1.82) is 0 Å². The van der Waals surface area contributed by atoms with Crippen molar-refractivity contribution in [2.45, 2.75) is 142 Å². The number of Topliss-reactive ketones (excluding diaryl/α,β-unsaturated/α-hetero) is 1. The smallest absolute Gasteiger partial charge is 0.346 e. The number of nitrogens with one attached hydrogen (secondary N) is 4. The molecule has 0 spiro atoms. The summed E-state index contributed by atoms with van der Waals surface area (Å²) < 4.78 is 39.0. The number of urea groups is 1. The Labute approximate surface area is 312 Å². The average molecular weight is 755 g/mol. The number of halogens is 3. The quantitative estimate of drug-likeness (QED) is 0.133. The van der Waals surface area contributed by atoms with E-state index in [1.807, 2.05) is 34.6 Å². The number of piperidine rings is 1. The predicted octanol–water partition coefficient (Wildman–Crippen LogP) is 4.62. The summed E-state index contributed by atoms with van der Waals surface area (Å²) in [6.07, 6.45) is 1.26. The van der Waals surface area contributed by atoms with E-state index < -0.39 is 84.6 Å². The van der Waals surface area contributed by atoms with Crippen molar-refractivity contribution < 1.29 is 41.9 Å². The molecule has 3 rings (SSSR count). The molecule has 2 aliphatic heterocycles. The molecular weight excluding hydrogens is 693 g/mol. The topological polar surface area (TPSA) is 157 Å². The fourth-order valence-corrected chi connectivity index (χ4v) is 7.48. The van der Waals surface area contributed by atoms with Crippen LogP contribution in [-0.4, -0.2) is 102 Å². The second-order valence-electron chi connectivity index (χ2n) is 16.4. The Morgan fingerprint density at radius 2 is 1.62 bits per heavy atom. The summed E-state index contributed by atoms with van der Waals surface area (Å²) in [4.78, 5) is 83.8. The number of rotatable bonds is 16. The van der Waals surface area contributed by atoms with E-state index >= 15 is 0 Å². The van der Waals surface area contributed by atoms with Gasteiger partial charge in [0.25, 0.3) is 5.91 Å². The molecule has 2 unspecified atom stereocenters. The monoisotopic (exact) mass is 754 g/mol. The molecular formula is C38H61F3N6O6. The molecule has 300 valence electrons. The van der Waals surface area contributed by atoms with E-state index in [9.17, 15) is 41.9 Å². The number of hydrogen-bond donors (Lipinski definition) is 4. The van der Waals surface area contributed by atoms with Gasteiger partial charge in [0.2, 0.25) is 23.5 Å². The van der Waals surface area contributed by atoms with Crippen LogP contribution in [0.1, 0.15) is 112 Å². The molecule has 5 atom stereocenters. The van der Waals surface area contributed by atoms with Gasteiger partial charge in [0.15, 0.2) is 0 Å². The second kappa shape index (κ2) is 19.6. The second-order valence-corrected chi connectivity index (χ2v) is 16.4. The molecule has 15 heteroatoms. The predicted molar refractivity (Wildman–Crippen MR) is 194 cm³/mol. The molecule has 0 aromatic heterocycles. The zero-order valence-corrected chi connectivity index (χ0v) is 32.1. The number of hydrogen-bond acceptors (Lipinski definition) is 6. The van der Waals surface area contributed by atoms with E-state index in [4.69, 9.17) is 0 Å². The molecule has 4 N–H and O–H groups in total. The van der Waals surface area contributed by atoms with Gasteiger partial charge in [-0.2, -0.15) is 13.2 Å². The van der Waals surface area contributed by atoms with Gasteiger partial charge in [0.1, 0.15) is 12.1 Å². The Balaban J connectivity index is 1.86. The van der Waals surface area contributed by atoms with E-state index in [1.165, 1.54) is 11.0 Å². The normalized spacial score (nSPS) is 21.8. The summed E-state index contributed by atoms with van der Waals surface area (Å²) in [6.45, 7) is 14.4. The number of ketones is 1. The van der Waals surface area contributed by atoms with E-state index in [0.717, 1.165) is 32.1 Å². The molecule has 6 amide bonds. The average Bonchev–Trinajstić information content (AvgIpc) is 3.55.